The van der Waals surface area contributed by atoms with E-state index >= 15 is 0 Å². The minimum absolute atomic E-state index is 0.0816. The molecule has 0 saturated carbocycles. The van der Waals surface area contributed by atoms with Crippen LogP contribution in [0.15, 0.2) is 79.1 Å². The summed E-state index contributed by atoms with van der Waals surface area (Å²) in [6.07, 6.45) is -1.81. The minimum atomic E-state index is -4.74. The van der Waals surface area contributed by atoms with E-state index in [1.807, 2.05) is 24.3 Å². The number of benzene rings is 3. The normalized spacial score (nSPS) is 14.3. The van der Waals surface area contributed by atoms with E-state index in [0.29, 0.717) is 42.9 Å². The lowest BCUT2D eigenvalue weighted by atomic mass is 9.95. The number of anilines is 2. The molecule has 5 rings (SSSR count). The van der Waals surface area contributed by atoms with Gasteiger partial charge >= 0.3 is 6.36 Å². The summed E-state index contributed by atoms with van der Waals surface area (Å²) in [7, 11) is 0. The summed E-state index contributed by atoms with van der Waals surface area (Å²) in [6.45, 7) is 1.51. The summed E-state index contributed by atoms with van der Waals surface area (Å²) >= 11 is 0. The van der Waals surface area contributed by atoms with Crippen molar-refractivity contribution in [3.8, 4) is 11.5 Å². The summed E-state index contributed by atoms with van der Waals surface area (Å²) < 4.78 is 46.8. The van der Waals surface area contributed by atoms with Crippen molar-refractivity contribution in [3.63, 3.8) is 0 Å². The van der Waals surface area contributed by atoms with E-state index in [9.17, 15) is 18.0 Å². The first kappa shape index (κ1) is 25.3. The summed E-state index contributed by atoms with van der Waals surface area (Å²) in [5, 5.41) is 3.97. The Labute approximate surface area is 217 Å². The van der Waals surface area contributed by atoms with Gasteiger partial charge in [-0.2, -0.15) is 0 Å². The molecule has 1 amide bonds. The maximum absolute atomic E-state index is 13.1. The summed E-state index contributed by atoms with van der Waals surface area (Å²) in [6, 6.07) is 20.4. The number of nitrogens with zero attached hydrogens (tertiary/aromatic N) is 3. The Hall–Kier alpha value is -4.34. The molecule has 38 heavy (non-hydrogen) atoms. The highest BCUT2D eigenvalue weighted by Crippen LogP contribution is 2.30. The third-order valence-corrected chi connectivity index (χ3v) is 6.38. The number of ether oxygens (including phenoxy) is 2. The standard InChI is InChI=1S/C28H25F3N4O3/c29-28(30,31)38-21-11-9-19(10-12-21)17-37-25-8-4-3-7-24(25)34-27(36)20-13-15-35(16-14-20)26-22-5-1-2-6-23(22)32-18-33-26/h1-12,18,20H,13-17H2,(H,34,36). The third-order valence-electron chi connectivity index (χ3n) is 6.38. The number of fused-ring (bicyclic) bond motifs is 1. The number of alkyl halides is 3. The monoisotopic (exact) mass is 522 g/mol. The number of nitrogens with one attached hydrogen (secondary N) is 1. The van der Waals surface area contributed by atoms with Crippen molar-refractivity contribution in [2.45, 2.75) is 25.8 Å². The first-order valence-electron chi connectivity index (χ1n) is 12.2. The van der Waals surface area contributed by atoms with Crippen LogP contribution >= 0.6 is 0 Å². The van der Waals surface area contributed by atoms with Gasteiger partial charge in [-0.15, -0.1) is 13.2 Å². The number of aromatic nitrogens is 2. The van der Waals surface area contributed by atoms with E-state index in [-0.39, 0.29) is 24.2 Å². The minimum Gasteiger partial charge on any atom is -0.487 e. The smallest absolute Gasteiger partial charge is 0.487 e. The van der Waals surface area contributed by atoms with Gasteiger partial charge < -0.3 is 19.7 Å². The van der Waals surface area contributed by atoms with E-state index in [4.69, 9.17) is 4.74 Å². The molecule has 0 radical (unpaired) electrons. The van der Waals surface area contributed by atoms with Gasteiger partial charge in [-0.05, 0) is 54.8 Å². The second-order valence-electron chi connectivity index (χ2n) is 8.94. The number of piperidine rings is 1. The molecule has 1 saturated heterocycles. The Bertz CT molecular complexity index is 1400. The molecule has 3 aromatic carbocycles. The van der Waals surface area contributed by atoms with Crippen LogP contribution in [0.1, 0.15) is 18.4 Å². The van der Waals surface area contributed by atoms with Crippen LogP contribution in [0.4, 0.5) is 24.7 Å². The van der Waals surface area contributed by atoms with Crippen LogP contribution in [-0.4, -0.2) is 35.3 Å². The molecule has 4 aromatic rings. The molecule has 10 heteroatoms. The summed E-state index contributed by atoms with van der Waals surface area (Å²) in [5.74, 6) is 0.816. The van der Waals surface area contributed by atoms with Crippen molar-refractivity contribution in [2.24, 2.45) is 5.92 Å². The topological polar surface area (TPSA) is 76.6 Å². The molecule has 0 aliphatic carbocycles. The predicted octanol–water partition coefficient (Wildman–Crippen LogP) is 5.96. The van der Waals surface area contributed by atoms with Gasteiger partial charge in [0.15, 0.2) is 0 Å². The highest BCUT2D eigenvalue weighted by molar-refractivity contribution is 5.94. The zero-order chi connectivity index (χ0) is 26.5. The van der Waals surface area contributed by atoms with E-state index in [2.05, 4.69) is 24.9 Å². The zero-order valence-electron chi connectivity index (χ0n) is 20.3. The van der Waals surface area contributed by atoms with Crippen molar-refractivity contribution in [2.75, 3.05) is 23.3 Å². The predicted molar refractivity (Wildman–Crippen MR) is 137 cm³/mol. The van der Waals surface area contributed by atoms with Crippen LogP contribution in [0.25, 0.3) is 10.9 Å². The molecule has 2 heterocycles. The zero-order valence-corrected chi connectivity index (χ0v) is 20.3. The van der Waals surface area contributed by atoms with Crippen LogP contribution in [0.2, 0.25) is 0 Å². The molecule has 1 N–H and O–H groups in total. The van der Waals surface area contributed by atoms with Crippen LogP contribution in [-0.2, 0) is 11.4 Å². The van der Waals surface area contributed by atoms with Crippen molar-refractivity contribution >= 4 is 28.3 Å². The van der Waals surface area contributed by atoms with E-state index in [1.54, 1.807) is 30.6 Å². The molecule has 1 aliphatic heterocycles. The van der Waals surface area contributed by atoms with Crippen molar-refractivity contribution in [3.05, 3.63) is 84.7 Å². The highest BCUT2D eigenvalue weighted by Gasteiger charge is 2.31. The molecule has 1 fully saturated rings. The Morgan fingerprint density at radius 3 is 2.42 bits per heavy atom. The molecule has 1 aromatic heterocycles. The van der Waals surface area contributed by atoms with Gasteiger partial charge in [0.1, 0.15) is 30.3 Å². The van der Waals surface area contributed by atoms with Gasteiger partial charge in [-0.1, -0.05) is 36.4 Å². The average Bonchev–Trinajstić information content (AvgIpc) is 2.92. The van der Waals surface area contributed by atoms with Crippen LogP contribution in [0.5, 0.6) is 11.5 Å². The van der Waals surface area contributed by atoms with Gasteiger partial charge in [0.05, 0.1) is 11.2 Å². The molecule has 0 unspecified atom stereocenters. The first-order chi connectivity index (χ1) is 18.4. The van der Waals surface area contributed by atoms with Crippen LogP contribution in [0, 0.1) is 5.92 Å². The molecule has 0 spiro atoms. The lowest BCUT2D eigenvalue weighted by Crippen LogP contribution is -2.38. The number of amides is 1. The number of hydrogen-bond acceptors (Lipinski definition) is 6. The number of hydrogen-bond donors (Lipinski definition) is 1. The van der Waals surface area contributed by atoms with Gasteiger partial charge in [0.25, 0.3) is 0 Å². The van der Waals surface area contributed by atoms with Crippen molar-refractivity contribution in [1.29, 1.82) is 0 Å². The molecule has 1 aliphatic rings. The lowest BCUT2D eigenvalue weighted by molar-refractivity contribution is -0.274. The van der Waals surface area contributed by atoms with Crippen molar-refractivity contribution in [1.82, 2.24) is 9.97 Å². The fourth-order valence-corrected chi connectivity index (χ4v) is 4.48. The van der Waals surface area contributed by atoms with Gasteiger partial charge in [0, 0.05) is 24.4 Å². The molecular formula is C28H25F3N4O3. The average molecular weight is 523 g/mol. The number of halogens is 3. The Morgan fingerprint density at radius 2 is 1.66 bits per heavy atom. The number of carbonyl (C=O) groups excluding carboxylic acids is 1. The van der Waals surface area contributed by atoms with Gasteiger partial charge in [0.2, 0.25) is 5.91 Å². The molecule has 0 bridgehead atoms. The van der Waals surface area contributed by atoms with Crippen LogP contribution < -0.4 is 19.7 Å². The summed E-state index contributed by atoms with van der Waals surface area (Å²) in [4.78, 5) is 24.1. The quantitative estimate of drug-likeness (QED) is 0.323. The molecule has 196 valence electrons. The van der Waals surface area contributed by atoms with Crippen molar-refractivity contribution < 1.29 is 27.4 Å². The largest absolute Gasteiger partial charge is 0.573 e. The molecule has 7 nitrogen and oxygen atoms in total. The van der Waals surface area contributed by atoms with E-state index in [0.717, 1.165) is 16.7 Å². The fourth-order valence-electron chi connectivity index (χ4n) is 4.48. The second-order valence-corrected chi connectivity index (χ2v) is 8.94. The van der Waals surface area contributed by atoms with Gasteiger partial charge in [-0.25, -0.2) is 9.97 Å². The van der Waals surface area contributed by atoms with Gasteiger partial charge in [-0.3, -0.25) is 4.79 Å². The van der Waals surface area contributed by atoms with E-state index < -0.39 is 6.36 Å². The Balaban J connectivity index is 1.17. The highest BCUT2D eigenvalue weighted by atomic mass is 19.4. The third kappa shape index (κ3) is 6.13. The van der Waals surface area contributed by atoms with E-state index in [1.165, 1.54) is 24.3 Å². The Kier molecular flexibility index (Phi) is 7.30. The second kappa shape index (κ2) is 11.0. The van der Waals surface area contributed by atoms with Crippen LogP contribution in [0.3, 0.4) is 0 Å². The fraction of sp³-hybridized carbons (Fsp3) is 0.250. The number of rotatable bonds is 7. The maximum atomic E-state index is 13.1. The lowest BCUT2D eigenvalue weighted by Gasteiger charge is -2.32. The number of carbonyl (C=O) groups is 1. The maximum Gasteiger partial charge on any atom is 0.573 e. The molecule has 0 atom stereocenters. The first-order valence-corrected chi connectivity index (χ1v) is 12.2. The molecular weight excluding hydrogens is 497 g/mol. The SMILES string of the molecule is O=C(Nc1ccccc1OCc1ccc(OC(F)(F)F)cc1)C1CCN(c2ncnc3ccccc23)CC1. The Morgan fingerprint density at radius 1 is 0.947 bits per heavy atom. The number of para-hydroxylation sites is 3. The summed E-state index contributed by atoms with van der Waals surface area (Å²) in [5.41, 5.74) is 2.09.